The summed E-state index contributed by atoms with van der Waals surface area (Å²) in [7, 11) is 0. The van der Waals surface area contributed by atoms with E-state index in [0.717, 1.165) is 73.2 Å². The molecule has 18 rings (SSSR count). The van der Waals surface area contributed by atoms with Gasteiger partial charge in [-0.2, -0.15) is 0 Å². The molecular formula is C78H50BN5. The Kier molecular flexibility index (Phi) is 10.1. The zero-order chi connectivity index (χ0) is 55.0. The summed E-state index contributed by atoms with van der Waals surface area (Å²) < 4.78 is 7.44. The lowest BCUT2D eigenvalue weighted by atomic mass is 9.33. The van der Waals surface area contributed by atoms with Crippen LogP contribution in [0.5, 0.6) is 0 Å². The minimum absolute atomic E-state index is 0.176. The van der Waals surface area contributed by atoms with Crippen LogP contribution < -0.4 is 26.2 Å². The van der Waals surface area contributed by atoms with Crippen molar-refractivity contribution in [2.75, 3.05) is 9.80 Å². The van der Waals surface area contributed by atoms with Gasteiger partial charge in [-0.15, -0.1) is 0 Å². The minimum Gasteiger partial charge on any atom is -0.311 e. The molecule has 0 spiro atoms. The first-order valence-electron chi connectivity index (χ1n) is 29.0. The molecular weight excluding hydrogens is 1020 g/mol. The Morgan fingerprint density at radius 2 is 0.619 bits per heavy atom. The zero-order valence-corrected chi connectivity index (χ0v) is 45.7. The van der Waals surface area contributed by atoms with Crippen LogP contribution in [0.3, 0.4) is 0 Å². The summed E-state index contributed by atoms with van der Waals surface area (Å²) in [5.74, 6) is 0. The molecule has 0 saturated carbocycles. The molecule has 5 heterocycles. The van der Waals surface area contributed by atoms with E-state index in [1.807, 2.05) is 0 Å². The molecule has 0 amide bonds. The molecule has 84 heavy (non-hydrogen) atoms. The number of anilines is 6. The molecule has 5 nitrogen and oxygen atoms in total. The van der Waals surface area contributed by atoms with Gasteiger partial charge in [0.1, 0.15) is 0 Å². The molecule has 0 bridgehead atoms. The summed E-state index contributed by atoms with van der Waals surface area (Å²) in [5, 5.41) is 7.34. The number of hydrogen-bond acceptors (Lipinski definition) is 2. The van der Waals surface area contributed by atoms with E-state index < -0.39 is 0 Å². The molecule has 2 aliphatic rings. The summed E-state index contributed by atoms with van der Waals surface area (Å²) >= 11 is 0. The SMILES string of the molecule is c1ccc(-c2cccc(N3c4cc(-n5c6ccccc6c6ccccc65)ccc4B4c5ccc6c(c5N(c5cccc(-c7ccccc7)c5)c5cc(-n7c8ccccc8c8ccccc87)cc3c54)c3ccccc3n6-c3ccccc3)c2)cc1. The standard InChI is InChI=1S/C78H50BN5/c1-4-22-51(23-5-1)53-26-20-30-56(46-53)82-73-48-58(81-67-37-15-10-32-60(67)61-33-11-16-38-68(61)81)42-43-65(73)79-66-44-45-72-76(64-36-14-19-41-71(64)80(72)55-28-8-3-9-29-55)78(66)84(57-31-21-27-54(47-57)52-24-6-2-7-25-52)75-50-59(49-74(82)77(75)79)83-69-39-17-12-34-62(69)63-35-13-18-40-70(63)83/h1-50H. The van der Waals surface area contributed by atoms with Crippen LogP contribution in [0.15, 0.2) is 303 Å². The summed E-state index contributed by atoms with van der Waals surface area (Å²) in [5.41, 5.74) is 25.5. The van der Waals surface area contributed by atoms with Gasteiger partial charge in [0, 0.05) is 72.1 Å². The molecule has 2 aliphatic heterocycles. The Morgan fingerprint density at radius 1 is 0.226 bits per heavy atom. The number of para-hydroxylation sites is 6. The molecule has 0 N–H and O–H groups in total. The fourth-order valence-electron chi connectivity index (χ4n) is 14.5. The van der Waals surface area contributed by atoms with Gasteiger partial charge in [-0.05, 0) is 136 Å². The van der Waals surface area contributed by atoms with Crippen LogP contribution in [0.1, 0.15) is 0 Å². The molecule has 0 unspecified atom stereocenters. The second-order valence-corrected chi connectivity index (χ2v) is 22.4. The van der Waals surface area contributed by atoms with Crippen LogP contribution in [0.4, 0.5) is 34.1 Å². The van der Waals surface area contributed by atoms with E-state index in [9.17, 15) is 0 Å². The number of fused-ring (bicyclic) bond motifs is 14. The van der Waals surface area contributed by atoms with Gasteiger partial charge in [0.25, 0.3) is 6.71 Å². The van der Waals surface area contributed by atoms with E-state index in [0.29, 0.717) is 0 Å². The zero-order valence-electron chi connectivity index (χ0n) is 45.7. The fraction of sp³-hybridized carbons (Fsp3) is 0. The first-order valence-corrected chi connectivity index (χ1v) is 29.0. The van der Waals surface area contributed by atoms with Crippen LogP contribution in [0, 0.1) is 0 Å². The van der Waals surface area contributed by atoms with Crippen molar-refractivity contribution in [2.45, 2.75) is 0 Å². The van der Waals surface area contributed by atoms with Gasteiger partial charge < -0.3 is 23.5 Å². The van der Waals surface area contributed by atoms with Crippen molar-refractivity contribution in [3.63, 3.8) is 0 Å². The molecule has 6 heteroatoms. The highest BCUT2D eigenvalue weighted by atomic mass is 15.2. The molecule has 390 valence electrons. The van der Waals surface area contributed by atoms with Crippen LogP contribution >= 0.6 is 0 Å². The second-order valence-electron chi connectivity index (χ2n) is 22.4. The summed E-state index contributed by atoms with van der Waals surface area (Å²) in [6, 6.07) is 113. The highest BCUT2D eigenvalue weighted by molar-refractivity contribution is 7.00. The van der Waals surface area contributed by atoms with Crippen molar-refractivity contribution in [1.29, 1.82) is 0 Å². The second kappa shape index (κ2) is 18.2. The Bertz CT molecular complexity index is 5240. The molecule has 0 atom stereocenters. The fourth-order valence-corrected chi connectivity index (χ4v) is 14.5. The lowest BCUT2D eigenvalue weighted by Gasteiger charge is -2.45. The van der Waals surface area contributed by atoms with E-state index in [2.05, 4.69) is 327 Å². The summed E-state index contributed by atoms with van der Waals surface area (Å²) in [4.78, 5) is 5.23. The van der Waals surface area contributed by atoms with Gasteiger partial charge in [-0.1, -0.05) is 206 Å². The van der Waals surface area contributed by atoms with Crippen LogP contribution in [0.2, 0.25) is 0 Å². The summed E-state index contributed by atoms with van der Waals surface area (Å²) in [6.07, 6.45) is 0. The molecule has 0 fully saturated rings. The third-order valence-electron chi connectivity index (χ3n) is 17.9. The molecule has 0 aliphatic carbocycles. The maximum Gasteiger partial charge on any atom is 0.252 e. The highest BCUT2D eigenvalue weighted by Crippen LogP contribution is 2.51. The first kappa shape index (κ1) is 46.7. The van der Waals surface area contributed by atoms with Crippen LogP contribution in [-0.2, 0) is 0 Å². The number of hydrogen-bond donors (Lipinski definition) is 0. The van der Waals surface area contributed by atoms with Gasteiger partial charge in [-0.3, -0.25) is 0 Å². The Labute approximate surface area is 486 Å². The summed E-state index contributed by atoms with van der Waals surface area (Å²) in [6.45, 7) is -0.176. The van der Waals surface area contributed by atoms with Gasteiger partial charge in [0.05, 0.1) is 44.5 Å². The number of aromatic nitrogens is 3. The average Bonchev–Trinajstić information content (AvgIpc) is 1.17. The van der Waals surface area contributed by atoms with Gasteiger partial charge in [0.2, 0.25) is 0 Å². The molecule has 13 aromatic carbocycles. The van der Waals surface area contributed by atoms with E-state index in [-0.39, 0.29) is 6.71 Å². The van der Waals surface area contributed by atoms with Crippen molar-refractivity contribution >= 4 is 123 Å². The topological polar surface area (TPSA) is 21.3 Å². The van der Waals surface area contributed by atoms with Crippen molar-refractivity contribution < 1.29 is 0 Å². The first-order chi connectivity index (χ1) is 41.7. The Balaban J connectivity index is 1.02. The Hall–Kier alpha value is -11.1. The van der Waals surface area contributed by atoms with Crippen molar-refractivity contribution in [3.8, 4) is 39.3 Å². The van der Waals surface area contributed by atoms with E-state index in [4.69, 9.17) is 0 Å². The van der Waals surface area contributed by atoms with Gasteiger partial charge in [-0.25, -0.2) is 0 Å². The van der Waals surface area contributed by atoms with E-state index in [1.54, 1.807) is 0 Å². The van der Waals surface area contributed by atoms with E-state index >= 15 is 0 Å². The predicted octanol–water partition coefficient (Wildman–Crippen LogP) is 18.4. The molecule has 0 radical (unpaired) electrons. The number of nitrogens with zero attached hydrogens (tertiary/aromatic N) is 5. The largest absolute Gasteiger partial charge is 0.311 e. The monoisotopic (exact) mass is 1070 g/mol. The van der Waals surface area contributed by atoms with Gasteiger partial charge >= 0.3 is 0 Å². The number of benzene rings is 13. The van der Waals surface area contributed by atoms with Gasteiger partial charge in [0.15, 0.2) is 0 Å². The quantitative estimate of drug-likeness (QED) is 0.148. The van der Waals surface area contributed by atoms with Crippen LogP contribution in [0.25, 0.3) is 105 Å². The van der Waals surface area contributed by atoms with Crippen molar-refractivity contribution in [1.82, 2.24) is 13.7 Å². The molecule has 16 aromatic rings. The lowest BCUT2D eigenvalue weighted by molar-refractivity contribution is 1.15. The maximum absolute atomic E-state index is 2.63. The third kappa shape index (κ3) is 6.79. The van der Waals surface area contributed by atoms with E-state index in [1.165, 1.54) is 82.1 Å². The Morgan fingerprint density at radius 3 is 1.17 bits per heavy atom. The van der Waals surface area contributed by atoms with Crippen LogP contribution in [-0.4, -0.2) is 20.4 Å². The smallest absolute Gasteiger partial charge is 0.252 e. The average molecular weight is 1070 g/mol. The van der Waals surface area contributed by atoms with Crippen molar-refractivity contribution in [3.05, 3.63) is 303 Å². The molecule has 3 aromatic heterocycles. The highest BCUT2D eigenvalue weighted by Gasteiger charge is 2.45. The maximum atomic E-state index is 2.63. The van der Waals surface area contributed by atoms with Crippen molar-refractivity contribution in [2.24, 2.45) is 0 Å². The molecule has 0 saturated heterocycles. The lowest BCUT2D eigenvalue weighted by Crippen LogP contribution is -2.61. The predicted molar refractivity (Wildman–Crippen MR) is 354 cm³/mol. The third-order valence-corrected chi connectivity index (χ3v) is 17.9. The number of rotatable bonds is 7. The minimum atomic E-state index is -0.176. The normalized spacial score (nSPS) is 12.7.